The molecule has 116 valence electrons. The third kappa shape index (κ3) is 3.97. The van der Waals surface area contributed by atoms with Crippen molar-refractivity contribution in [1.82, 2.24) is 4.90 Å². The molecule has 0 atom stereocenters. The summed E-state index contributed by atoms with van der Waals surface area (Å²) in [6, 6.07) is 5.91. The molecule has 0 unspecified atom stereocenters. The van der Waals surface area contributed by atoms with Crippen molar-refractivity contribution in [2.75, 3.05) is 20.2 Å². The highest BCUT2D eigenvalue weighted by Gasteiger charge is 2.33. The Morgan fingerprint density at radius 1 is 1.29 bits per heavy atom. The molecule has 0 saturated heterocycles. The number of carbonyl (C=O) groups is 1. The Balaban J connectivity index is 1.89. The number of hydrogen-bond donors (Lipinski definition) is 1. The molecule has 1 aliphatic rings. The smallest absolute Gasteiger partial charge is 0.260 e. The number of likely N-dealkylation sites (N-methyl/N-ethyl adjacent to an activating group) is 1. The Labute approximate surface area is 126 Å². The number of para-hydroxylation sites is 1. The third-order valence-electron chi connectivity index (χ3n) is 4.24. The van der Waals surface area contributed by atoms with Gasteiger partial charge in [-0.05, 0) is 37.8 Å². The van der Waals surface area contributed by atoms with Crippen LogP contribution in [0.1, 0.15) is 36.8 Å². The van der Waals surface area contributed by atoms with Crippen molar-refractivity contribution in [3.05, 3.63) is 29.3 Å². The summed E-state index contributed by atoms with van der Waals surface area (Å²) in [4.78, 5) is 13.7. The van der Waals surface area contributed by atoms with Crippen LogP contribution in [0.2, 0.25) is 0 Å². The van der Waals surface area contributed by atoms with Gasteiger partial charge in [0.2, 0.25) is 0 Å². The molecule has 1 N–H and O–H groups in total. The van der Waals surface area contributed by atoms with Gasteiger partial charge in [0.25, 0.3) is 5.91 Å². The fourth-order valence-electron chi connectivity index (χ4n) is 2.99. The fourth-order valence-corrected chi connectivity index (χ4v) is 2.99. The average Bonchev–Trinajstić information content (AvgIpc) is 2.84. The zero-order chi connectivity index (χ0) is 15.5. The molecule has 4 heteroatoms. The molecule has 1 fully saturated rings. The molecule has 1 aromatic rings. The van der Waals surface area contributed by atoms with Crippen LogP contribution < -0.4 is 4.74 Å². The lowest BCUT2D eigenvalue weighted by molar-refractivity contribution is -0.135. The number of aliphatic hydroxyl groups is 1. The molecule has 1 amide bonds. The van der Waals surface area contributed by atoms with Crippen LogP contribution in [0.15, 0.2) is 18.2 Å². The zero-order valence-electron chi connectivity index (χ0n) is 13.2. The molecule has 1 saturated carbocycles. The van der Waals surface area contributed by atoms with Gasteiger partial charge in [0, 0.05) is 13.6 Å². The predicted octanol–water partition coefficient (Wildman–Crippen LogP) is 2.45. The van der Waals surface area contributed by atoms with Crippen LogP contribution in [0.25, 0.3) is 0 Å². The van der Waals surface area contributed by atoms with Gasteiger partial charge in [0.1, 0.15) is 5.75 Å². The van der Waals surface area contributed by atoms with Gasteiger partial charge in [0.05, 0.1) is 5.60 Å². The minimum atomic E-state index is -0.705. The van der Waals surface area contributed by atoms with Gasteiger partial charge in [-0.15, -0.1) is 0 Å². The van der Waals surface area contributed by atoms with Crippen LogP contribution in [0.4, 0.5) is 0 Å². The number of nitrogens with zero attached hydrogens (tertiary/aromatic N) is 1. The summed E-state index contributed by atoms with van der Waals surface area (Å²) in [5.41, 5.74) is 1.35. The third-order valence-corrected chi connectivity index (χ3v) is 4.24. The maximum atomic E-state index is 12.2. The summed E-state index contributed by atoms with van der Waals surface area (Å²) in [5.74, 6) is 0.678. The Bertz CT molecular complexity index is 487. The van der Waals surface area contributed by atoms with E-state index in [1.165, 1.54) is 0 Å². The summed E-state index contributed by atoms with van der Waals surface area (Å²) in [6.45, 7) is 4.34. The van der Waals surface area contributed by atoms with Crippen molar-refractivity contribution in [1.29, 1.82) is 0 Å². The van der Waals surface area contributed by atoms with Gasteiger partial charge in [-0.2, -0.15) is 0 Å². The molecule has 0 aromatic heterocycles. The van der Waals surface area contributed by atoms with E-state index in [1.54, 1.807) is 11.9 Å². The zero-order valence-corrected chi connectivity index (χ0v) is 13.2. The first-order chi connectivity index (χ1) is 9.91. The van der Waals surface area contributed by atoms with E-state index in [2.05, 4.69) is 0 Å². The summed E-state index contributed by atoms with van der Waals surface area (Å²) in [6.07, 6.45) is 3.64. The lowest BCUT2D eigenvalue weighted by atomic mass is 10.0. The van der Waals surface area contributed by atoms with Crippen LogP contribution in [-0.4, -0.2) is 41.7 Å². The number of amides is 1. The monoisotopic (exact) mass is 291 g/mol. The first-order valence-electron chi connectivity index (χ1n) is 7.57. The fraction of sp³-hybridized carbons (Fsp3) is 0.588. The Morgan fingerprint density at radius 2 is 1.86 bits per heavy atom. The van der Waals surface area contributed by atoms with Crippen molar-refractivity contribution in [3.63, 3.8) is 0 Å². The Kier molecular flexibility index (Phi) is 4.88. The lowest BCUT2D eigenvalue weighted by Crippen LogP contribution is -2.43. The predicted molar refractivity (Wildman–Crippen MR) is 82.5 cm³/mol. The van der Waals surface area contributed by atoms with E-state index in [-0.39, 0.29) is 12.5 Å². The summed E-state index contributed by atoms with van der Waals surface area (Å²) < 4.78 is 5.68. The number of carbonyl (C=O) groups excluding carboxylic acids is 1. The van der Waals surface area contributed by atoms with Gasteiger partial charge in [-0.3, -0.25) is 4.79 Å². The highest BCUT2D eigenvalue weighted by Crippen LogP contribution is 2.30. The summed E-state index contributed by atoms with van der Waals surface area (Å²) in [5, 5.41) is 10.3. The number of rotatable bonds is 5. The molecular weight excluding hydrogens is 266 g/mol. The van der Waals surface area contributed by atoms with Crippen molar-refractivity contribution < 1.29 is 14.6 Å². The first kappa shape index (κ1) is 15.8. The Hall–Kier alpha value is -1.55. The largest absolute Gasteiger partial charge is 0.483 e. The van der Waals surface area contributed by atoms with E-state index in [1.807, 2.05) is 32.0 Å². The lowest BCUT2D eigenvalue weighted by Gasteiger charge is -2.28. The minimum absolute atomic E-state index is 0.0122. The number of aryl methyl sites for hydroxylation is 2. The van der Waals surface area contributed by atoms with Crippen LogP contribution in [0.5, 0.6) is 5.75 Å². The van der Waals surface area contributed by atoms with Gasteiger partial charge >= 0.3 is 0 Å². The van der Waals surface area contributed by atoms with Gasteiger partial charge in [-0.1, -0.05) is 31.0 Å². The highest BCUT2D eigenvalue weighted by molar-refractivity contribution is 5.77. The first-order valence-corrected chi connectivity index (χ1v) is 7.57. The van der Waals surface area contributed by atoms with Crippen molar-refractivity contribution in [2.24, 2.45) is 0 Å². The maximum Gasteiger partial charge on any atom is 0.260 e. The van der Waals surface area contributed by atoms with E-state index in [0.29, 0.717) is 6.54 Å². The maximum absolute atomic E-state index is 12.2. The molecule has 0 radical (unpaired) electrons. The molecule has 21 heavy (non-hydrogen) atoms. The standard InChI is InChI=1S/C17H25NO3/c1-13-7-6-8-14(2)16(13)21-11-15(19)18(3)12-17(20)9-4-5-10-17/h6-8,20H,4-5,9-12H2,1-3H3. The molecule has 1 aromatic carbocycles. The minimum Gasteiger partial charge on any atom is -0.483 e. The normalized spacial score (nSPS) is 16.8. The van der Waals surface area contributed by atoms with Crippen LogP contribution in [-0.2, 0) is 4.79 Å². The molecule has 1 aliphatic carbocycles. The second-order valence-corrected chi connectivity index (χ2v) is 6.19. The van der Waals surface area contributed by atoms with Gasteiger partial charge in [-0.25, -0.2) is 0 Å². The molecule has 0 bridgehead atoms. The van der Waals surface area contributed by atoms with E-state index in [0.717, 1.165) is 42.6 Å². The van der Waals surface area contributed by atoms with Crippen LogP contribution in [0.3, 0.4) is 0 Å². The second kappa shape index (κ2) is 6.48. The number of hydrogen-bond acceptors (Lipinski definition) is 3. The highest BCUT2D eigenvalue weighted by atomic mass is 16.5. The molecular formula is C17H25NO3. The second-order valence-electron chi connectivity index (χ2n) is 6.19. The van der Waals surface area contributed by atoms with Crippen molar-refractivity contribution in [2.45, 2.75) is 45.1 Å². The molecule has 4 nitrogen and oxygen atoms in total. The van der Waals surface area contributed by atoms with Crippen LogP contribution in [0, 0.1) is 13.8 Å². The SMILES string of the molecule is Cc1cccc(C)c1OCC(=O)N(C)CC1(O)CCCC1. The number of ether oxygens (including phenoxy) is 1. The number of benzene rings is 1. The molecule has 0 heterocycles. The molecule has 0 aliphatic heterocycles. The molecule has 0 spiro atoms. The quantitative estimate of drug-likeness (QED) is 0.906. The average molecular weight is 291 g/mol. The molecule has 2 rings (SSSR count). The Morgan fingerprint density at radius 3 is 2.43 bits per heavy atom. The van der Waals surface area contributed by atoms with E-state index in [4.69, 9.17) is 4.74 Å². The van der Waals surface area contributed by atoms with E-state index >= 15 is 0 Å². The van der Waals surface area contributed by atoms with E-state index in [9.17, 15) is 9.90 Å². The van der Waals surface area contributed by atoms with Crippen molar-refractivity contribution in [3.8, 4) is 5.75 Å². The topological polar surface area (TPSA) is 49.8 Å². The van der Waals surface area contributed by atoms with Gasteiger partial charge in [0.15, 0.2) is 6.61 Å². The summed E-state index contributed by atoms with van der Waals surface area (Å²) >= 11 is 0. The van der Waals surface area contributed by atoms with Crippen molar-refractivity contribution >= 4 is 5.91 Å². The van der Waals surface area contributed by atoms with E-state index < -0.39 is 5.60 Å². The van der Waals surface area contributed by atoms with Gasteiger partial charge < -0.3 is 14.7 Å². The van der Waals surface area contributed by atoms with Crippen LogP contribution >= 0.6 is 0 Å². The summed E-state index contributed by atoms with van der Waals surface area (Å²) in [7, 11) is 1.73.